The van der Waals surface area contributed by atoms with Crippen LogP contribution < -0.4 is 4.90 Å². The van der Waals surface area contributed by atoms with Crippen molar-refractivity contribution in [2.45, 2.75) is 25.9 Å². The minimum atomic E-state index is 0.283. The summed E-state index contributed by atoms with van der Waals surface area (Å²) in [5.74, 6) is 2.22. The monoisotopic (exact) mass is 318 g/mol. The topological polar surface area (TPSA) is 73.5 Å². The maximum absolute atomic E-state index is 5.78. The van der Waals surface area contributed by atoms with Crippen molar-refractivity contribution >= 4 is 5.95 Å². The molecule has 1 fully saturated rings. The molecule has 0 amide bonds. The number of hydrogen-bond acceptors (Lipinski definition) is 7. The summed E-state index contributed by atoms with van der Waals surface area (Å²) in [6.07, 6.45) is 3.82. The first-order valence-electron chi connectivity index (χ1n) is 7.88. The number of ether oxygens (including phenoxy) is 2. The van der Waals surface area contributed by atoms with Crippen LogP contribution in [0.2, 0.25) is 0 Å². The standard InChI is InChI=1S/C16H22N4O3/c1-12-3-4-15(23-12)14-11-17-19-16(18-14)20-7-5-13(6-8-20)22-10-9-21-2/h3-4,11,13H,5-10H2,1-2H3. The Morgan fingerprint density at radius 2 is 2.09 bits per heavy atom. The first kappa shape index (κ1) is 15.9. The van der Waals surface area contributed by atoms with Crippen LogP contribution in [0.5, 0.6) is 0 Å². The van der Waals surface area contributed by atoms with Gasteiger partial charge in [0.05, 0.1) is 25.5 Å². The lowest BCUT2D eigenvalue weighted by Gasteiger charge is -2.31. The largest absolute Gasteiger partial charge is 0.460 e. The van der Waals surface area contributed by atoms with Gasteiger partial charge in [-0.25, -0.2) is 4.98 Å². The van der Waals surface area contributed by atoms with Gasteiger partial charge in [0, 0.05) is 20.2 Å². The highest BCUT2D eigenvalue weighted by Gasteiger charge is 2.22. The molecular weight excluding hydrogens is 296 g/mol. The summed E-state index contributed by atoms with van der Waals surface area (Å²) in [6.45, 7) is 4.91. The van der Waals surface area contributed by atoms with Gasteiger partial charge >= 0.3 is 0 Å². The fraction of sp³-hybridized carbons (Fsp3) is 0.562. The van der Waals surface area contributed by atoms with E-state index in [1.54, 1.807) is 13.3 Å². The SMILES string of the molecule is COCCOC1CCN(c2nncc(-c3ccc(C)o3)n2)CC1. The molecule has 1 aliphatic heterocycles. The lowest BCUT2D eigenvalue weighted by molar-refractivity contribution is 0.00597. The highest BCUT2D eigenvalue weighted by molar-refractivity contribution is 5.52. The van der Waals surface area contributed by atoms with E-state index < -0.39 is 0 Å². The molecule has 2 aromatic heterocycles. The van der Waals surface area contributed by atoms with Crippen LogP contribution in [0.1, 0.15) is 18.6 Å². The third-order valence-electron chi connectivity index (χ3n) is 3.91. The molecule has 7 nitrogen and oxygen atoms in total. The molecule has 0 radical (unpaired) electrons. The van der Waals surface area contributed by atoms with Crippen LogP contribution in [0.25, 0.3) is 11.5 Å². The Morgan fingerprint density at radius 3 is 2.78 bits per heavy atom. The van der Waals surface area contributed by atoms with Crippen LogP contribution in [-0.2, 0) is 9.47 Å². The van der Waals surface area contributed by atoms with Crippen molar-refractivity contribution in [1.29, 1.82) is 0 Å². The van der Waals surface area contributed by atoms with Crippen molar-refractivity contribution < 1.29 is 13.9 Å². The summed E-state index contributed by atoms with van der Waals surface area (Å²) in [6, 6.07) is 3.82. The van der Waals surface area contributed by atoms with Gasteiger partial charge in [0.25, 0.3) is 0 Å². The molecule has 0 aromatic carbocycles. The van der Waals surface area contributed by atoms with Gasteiger partial charge in [0.2, 0.25) is 5.95 Å². The number of rotatable bonds is 6. The molecule has 0 saturated carbocycles. The van der Waals surface area contributed by atoms with Crippen molar-refractivity contribution in [2.24, 2.45) is 0 Å². The maximum Gasteiger partial charge on any atom is 0.246 e. The van der Waals surface area contributed by atoms with E-state index in [1.165, 1.54) is 0 Å². The molecule has 0 spiro atoms. The predicted octanol–water partition coefficient (Wildman–Crippen LogP) is 2.07. The molecular formula is C16H22N4O3. The van der Waals surface area contributed by atoms with E-state index in [-0.39, 0.29) is 6.10 Å². The average molecular weight is 318 g/mol. The van der Waals surface area contributed by atoms with Crippen molar-refractivity contribution in [3.05, 3.63) is 24.1 Å². The summed E-state index contributed by atoms with van der Waals surface area (Å²) in [7, 11) is 1.68. The summed E-state index contributed by atoms with van der Waals surface area (Å²) in [5.41, 5.74) is 0.710. The number of furan rings is 1. The Morgan fingerprint density at radius 1 is 1.26 bits per heavy atom. The highest BCUT2D eigenvalue weighted by Crippen LogP contribution is 2.22. The summed E-state index contributed by atoms with van der Waals surface area (Å²) >= 11 is 0. The fourth-order valence-corrected chi connectivity index (χ4v) is 2.64. The van der Waals surface area contributed by atoms with Gasteiger partial charge in [-0.05, 0) is 31.9 Å². The zero-order chi connectivity index (χ0) is 16.1. The molecule has 0 bridgehead atoms. The van der Waals surface area contributed by atoms with E-state index in [0.717, 1.165) is 37.5 Å². The van der Waals surface area contributed by atoms with Crippen LogP contribution in [0.15, 0.2) is 22.7 Å². The molecule has 7 heteroatoms. The van der Waals surface area contributed by atoms with Crippen molar-refractivity contribution in [3.63, 3.8) is 0 Å². The molecule has 0 aliphatic carbocycles. The number of aromatic nitrogens is 3. The van der Waals surface area contributed by atoms with E-state index in [0.29, 0.717) is 24.9 Å². The smallest absolute Gasteiger partial charge is 0.246 e. The van der Waals surface area contributed by atoms with Crippen LogP contribution in [0.3, 0.4) is 0 Å². The first-order valence-corrected chi connectivity index (χ1v) is 7.88. The Bertz CT molecular complexity index is 623. The number of hydrogen-bond donors (Lipinski definition) is 0. The molecule has 0 atom stereocenters. The molecule has 124 valence electrons. The van der Waals surface area contributed by atoms with E-state index in [2.05, 4.69) is 20.1 Å². The van der Waals surface area contributed by atoms with E-state index in [4.69, 9.17) is 13.9 Å². The number of aryl methyl sites for hydroxylation is 1. The van der Waals surface area contributed by atoms with Crippen molar-refractivity contribution in [2.75, 3.05) is 38.3 Å². The van der Waals surface area contributed by atoms with Crippen LogP contribution in [0.4, 0.5) is 5.95 Å². The molecule has 0 N–H and O–H groups in total. The quantitative estimate of drug-likeness (QED) is 0.755. The summed E-state index contributed by atoms with van der Waals surface area (Å²) in [5, 5.41) is 8.22. The second kappa shape index (κ2) is 7.52. The van der Waals surface area contributed by atoms with Crippen LogP contribution in [0, 0.1) is 6.92 Å². The Labute approximate surface area is 135 Å². The van der Waals surface area contributed by atoms with Crippen LogP contribution >= 0.6 is 0 Å². The van der Waals surface area contributed by atoms with Gasteiger partial charge < -0.3 is 18.8 Å². The zero-order valence-corrected chi connectivity index (χ0v) is 13.6. The third kappa shape index (κ3) is 4.05. The van der Waals surface area contributed by atoms with Crippen molar-refractivity contribution in [3.8, 4) is 11.5 Å². The molecule has 3 rings (SSSR count). The van der Waals surface area contributed by atoms with Crippen LogP contribution in [-0.4, -0.2) is 54.7 Å². The van der Waals surface area contributed by atoms with Gasteiger partial charge in [-0.2, -0.15) is 5.10 Å². The third-order valence-corrected chi connectivity index (χ3v) is 3.91. The Balaban J connectivity index is 1.60. The highest BCUT2D eigenvalue weighted by atomic mass is 16.5. The molecule has 2 aromatic rings. The molecule has 1 saturated heterocycles. The number of methoxy groups -OCH3 is 1. The zero-order valence-electron chi connectivity index (χ0n) is 13.6. The summed E-state index contributed by atoms with van der Waals surface area (Å²) in [4.78, 5) is 6.72. The number of piperidine rings is 1. The normalized spacial score (nSPS) is 16.0. The predicted molar refractivity (Wildman–Crippen MR) is 85.3 cm³/mol. The van der Waals surface area contributed by atoms with Gasteiger partial charge in [-0.1, -0.05) is 0 Å². The first-order chi connectivity index (χ1) is 11.3. The molecule has 23 heavy (non-hydrogen) atoms. The second-order valence-electron chi connectivity index (χ2n) is 5.60. The van der Waals surface area contributed by atoms with E-state index in [1.807, 2.05) is 19.1 Å². The van der Waals surface area contributed by atoms with Gasteiger partial charge in [0.1, 0.15) is 11.5 Å². The fourth-order valence-electron chi connectivity index (χ4n) is 2.64. The lowest BCUT2D eigenvalue weighted by Crippen LogP contribution is -2.38. The second-order valence-corrected chi connectivity index (χ2v) is 5.60. The van der Waals surface area contributed by atoms with Gasteiger partial charge in [0.15, 0.2) is 5.76 Å². The average Bonchev–Trinajstić information content (AvgIpc) is 3.02. The van der Waals surface area contributed by atoms with Crippen molar-refractivity contribution in [1.82, 2.24) is 15.2 Å². The number of nitrogens with zero attached hydrogens (tertiary/aromatic N) is 4. The van der Waals surface area contributed by atoms with E-state index >= 15 is 0 Å². The van der Waals surface area contributed by atoms with Gasteiger partial charge in [-0.3, -0.25) is 0 Å². The van der Waals surface area contributed by atoms with E-state index in [9.17, 15) is 0 Å². The number of anilines is 1. The molecule has 3 heterocycles. The maximum atomic E-state index is 5.78. The minimum Gasteiger partial charge on any atom is -0.460 e. The lowest BCUT2D eigenvalue weighted by atomic mass is 10.1. The van der Waals surface area contributed by atoms with Gasteiger partial charge in [-0.15, -0.1) is 5.10 Å². The molecule has 1 aliphatic rings. The Kier molecular flexibility index (Phi) is 5.19. The molecule has 0 unspecified atom stereocenters. The Hall–Kier alpha value is -1.99. The summed E-state index contributed by atoms with van der Waals surface area (Å²) < 4.78 is 16.4. The minimum absolute atomic E-state index is 0.283.